The Morgan fingerprint density at radius 2 is 2.44 bits per heavy atom. The lowest BCUT2D eigenvalue weighted by Gasteiger charge is -2.04. The van der Waals surface area contributed by atoms with Crippen molar-refractivity contribution in [2.24, 2.45) is 7.05 Å². The molecule has 2 heterocycles. The van der Waals surface area contributed by atoms with Crippen molar-refractivity contribution in [3.63, 3.8) is 0 Å². The lowest BCUT2D eigenvalue weighted by atomic mass is 10.3. The second kappa shape index (κ2) is 4.22. The molecule has 0 aromatic carbocycles. The number of hydrogen-bond donors (Lipinski definition) is 1. The molecule has 5 nitrogen and oxygen atoms in total. The lowest BCUT2D eigenvalue weighted by Crippen LogP contribution is -2.18. The summed E-state index contributed by atoms with van der Waals surface area (Å²) in [6.45, 7) is 4.11. The summed E-state index contributed by atoms with van der Waals surface area (Å²) in [4.78, 5) is 11.4. The number of hydrogen-bond acceptors (Lipinski definition) is 2. The molecule has 84 valence electrons. The molecule has 5 heteroatoms. The molecule has 0 aliphatic heterocycles. The highest BCUT2D eigenvalue weighted by Crippen LogP contribution is 2.05. The summed E-state index contributed by atoms with van der Waals surface area (Å²) in [7, 11) is 1.97. The van der Waals surface area contributed by atoms with E-state index in [1.54, 1.807) is 10.6 Å². The minimum atomic E-state index is -0.191. The van der Waals surface area contributed by atoms with Gasteiger partial charge in [0.25, 0.3) is 0 Å². The zero-order valence-electron chi connectivity index (χ0n) is 9.18. The van der Waals surface area contributed by atoms with Crippen LogP contribution in [0.25, 0.3) is 0 Å². The molecule has 0 amide bonds. The van der Waals surface area contributed by atoms with Crippen LogP contribution in [-0.2, 0) is 20.0 Å². The van der Waals surface area contributed by atoms with E-state index < -0.39 is 0 Å². The van der Waals surface area contributed by atoms with Gasteiger partial charge in [0.1, 0.15) is 5.82 Å². The van der Waals surface area contributed by atoms with Crippen LogP contribution >= 0.6 is 0 Å². The molecule has 0 aliphatic carbocycles. The van der Waals surface area contributed by atoms with E-state index in [9.17, 15) is 4.79 Å². The summed E-state index contributed by atoms with van der Waals surface area (Å²) >= 11 is 0. The van der Waals surface area contributed by atoms with Crippen LogP contribution in [0.5, 0.6) is 0 Å². The van der Waals surface area contributed by atoms with Crippen LogP contribution < -0.4 is 5.69 Å². The normalized spacial score (nSPS) is 10.6. The summed E-state index contributed by atoms with van der Waals surface area (Å²) in [6, 6.07) is 3.98. The van der Waals surface area contributed by atoms with Gasteiger partial charge >= 0.3 is 5.69 Å². The molecule has 0 atom stereocenters. The lowest BCUT2D eigenvalue weighted by molar-refractivity contribution is 0.717. The molecule has 2 rings (SSSR count). The minimum Gasteiger partial charge on any atom is -0.354 e. The molecule has 0 radical (unpaired) electrons. The van der Waals surface area contributed by atoms with Crippen LogP contribution in [0.2, 0.25) is 0 Å². The van der Waals surface area contributed by atoms with E-state index in [2.05, 4.69) is 16.8 Å². The number of aryl methyl sites for hydroxylation is 1. The molecule has 0 unspecified atom stereocenters. The molecule has 0 saturated carbocycles. The van der Waals surface area contributed by atoms with E-state index in [0.29, 0.717) is 13.0 Å². The van der Waals surface area contributed by atoms with Crippen molar-refractivity contribution in [1.82, 2.24) is 19.3 Å². The average Bonchev–Trinajstić information content (AvgIpc) is 2.80. The second-order valence-electron chi connectivity index (χ2n) is 3.63. The molecular weight excluding hydrogens is 204 g/mol. The van der Waals surface area contributed by atoms with E-state index in [-0.39, 0.29) is 5.69 Å². The predicted octanol–water partition coefficient (Wildman–Crippen LogP) is 0.687. The van der Waals surface area contributed by atoms with Gasteiger partial charge in [-0.15, -0.1) is 6.58 Å². The van der Waals surface area contributed by atoms with E-state index >= 15 is 0 Å². The highest BCUT2D eigenvalue weighted by Gasteiger charge is 2.08. The second-order valence-corrected chi connectivity index (χ2v) is 3.63. The number of nitrogens with zero attached hydrogens (tertiary/aromatic N) is 3. The average molecular weight is 218 g/mol. The molecule has 0 aliphatic rings. The van der Waals surface area contributed by atoms with Gasteiger partial charge in [-0.2, -0.15) is 5.10 Å². The Balaban J connectivity index is 2.31. The largest absolute Gasteiger partial charge is 0.354 e. The van der Waals surface area contributed by atoms with Crippen molar-refractivity contribution >= 4 is 0 Å². The summed E-state index contributed by atoms with van der Waals surface area (Å²) in [6.07, 6.45) is 4.29. The molecule has 2 aromatic heterocycles. The van der Waals surface area contributed by atoms with Crippen molar-refractivity contribution < 1.29 is 0 Å². The number of aromatic amines is 1. The fourth-order valence-electron chi connectivity index (χ4n) is 1.64. The zero-order chi connectivity index (χ0) is 11.5. The first-order chi connectivity index (χ1) is 7.72. The Kier molecular flexibility index (Phi) is 2.76. The van der Waals surface area contributed by atoms with Crippen LogP contribution in [0.3, 0.4) is 0 Å². The van der Waals surface area contributed by atoms with Crippen molar-refractivity contribution in [1.29, 1.82) is 0 Å². The SMILES string of the molecule is C=CCn1c(Cc2cccn2C)n[nH]c1=O. The van der Waals surface area contributed by atoms with Crippen LogP contribution in [0, 0.1) is 0 Å². The Hall–Kier alpha value is -2.04. The molecule has 0 spiro atoms. The van der Waals surface area contributed by atoms with Gasteiger partial charge in [0.2, 0.25) is 0 Å². The van der Waals surface area contributed by atoms with E-state index in [1.165, 1.54) is 0 Å². The Labute approximate surface area is 93.0 Å². The fourth-order valence-corrected chi connectivity index (χ4v) is 1.64. The highest BCUT2D eigenvalue weighted by molar-refractivity contribution is 5.12. The number of aromatic nitrogens is 4. The van der Waals surface area contributed by atoms with Crippen molar-refractivity contribution in [2.45, 2.75) is 13.0 Å². The standard InChI is InChI=1S/C11H14N4O/c1-3-6-15-10(12-13-11(15)16)8-9-5-4-7-14(9)2/h3-5,7H,1,6,8H2,2H3,(H,13,16). The molecule has 2 aromatic rings. The van der Waals surface area contributed by atoms with E-state index in [1.807, 2.05) is 29.9 Å². The van der Waals surface area contributed by atoms with Crippen LogP contribution in [-0.4, -0.2) is 19.3 Å². The molecular formula is C11H14N4O. The van der Waals surface area contributed by atoms with Gasteiger partial charge in [0, 0.05) is 31.9 Å². The summed E-state index contributed by atoms with van der Waals surface area (Å²) in [5.74, 6) is 0.728. The van der Waals surface area contributed by atoms with Crippen LogP contribution in [0.15, 0.2) is 35.8 Å². The van der Waals surface area contributed by atoms with Gasteiger partial charge in [-0.1, -0.05) is 6.08 Å². The van der Waals surface area contributed by atoms with Gasteiger partial charge in [-0.25, -0.2) is 9.89 Å². The minimum absolute atomic E-state index is 0.191. The third-order valence-corrected chi connectivity index (χ3v) is 2.54. The number of nitrogens with one attached hydrogen (secondary N) is 1. The van der Waals surface area contributed by atoms with Gasteiger partial charge < -0.3 is 4.57 Å². The summed E-state index contributed by atoms with van der Waals surface area (Å²) < 4.78 is 3.59. The Morgan fingerprint density at radius 3 is 3.06 bits per heavy atom. The van der Waals surface area contributed by atoms with E-state index in [0.717, 1.165) is 11.5 Å². The van der Waals surface area contributed by atoms with Crippen molar-refractivity contribution in [3.05, 3.63) is 53.0 Å². The molecule has 0 fully saturated rings. The third-order valence-electron chi connectivity index (χ3n) is 2.54. The number of allylic oxidation sites excluding steroid dienone is 1. The Bertz CT molecular complexity index is 546. The van der Waals surface area contributed by atoms with Gasteiger partial charge in [0.05, 0.1) is 0 Å². The number of rotatable bonds is 4. The number of H-pyrrole nitrogens is 1. The van der Waals surface area contributed by atoms with Gasteiger partial charge in [0.15, 0.2) is 0 Å². The summed E-state index contributed by atoms with van der Waals surface area (Å²) in [5, 5.41) is 6.47. The van der Waals surface area contributed by atoms with Crippen molar-refractivity contribution in [2.75, 3.05) is 0 Å². The first kappa shape index (κ1) is 10.5. The molecule has 0 saturated heterocycles. The van der Waals surface area contributed by atoms with Gasteiger partial charge in [-0.3, -0.25) is 4.57 Å². The zero-order valence-corrected chi connectivity index (χ0v) is 9.18. The fraction of sp³-hybridized carbons (Fsp3) is 0.273. The summed E-state index contributed by atoms with van der Waals surface area (Å²) in [5.41, 5.74) is 0.924. The monoisotopic (exact) mass is 218 g/mol. The van der Waals surface area contributed by atoms with Gasteiger partial charge in [-0.05, 0) is 12.1 Å². The highest BCUT2D eigenvalue weighted by atomic mass is 16.1. The molecule has 16 heavy (non-hydrogen) atoms. The maximum absolute atomic E-state index is 11.4. The van der Waals surface area contributed by atoms with Crippen LogP contribution in [0.4, 0.5) is 0 Å². The quantitative estimate of drug-likeness (QED) is 0.767. The maximum atomic E-state index is 11.4. The maximum Gasteiger partial charge on any atom is 0.343 e. The third kappa shape index (κ3) is 1.84. The first-order valence-corrected chi connectivity index (χ1v) is 5.07. The van der Waals surface area contributed by atoms with Crippen molar-refractivity contribution in [3.8, 4) is 0 Å². The molecule has 0 bridgehead atoms. The topological polar surface area (TPSA) is 55.6 Å². The Morgan fingerprint density at radius 1 is 1.62 bits per heavy atom. The molecule has 1 N–H and O–H groups in total. The predicted molar refractivity (Wildman–Crippen MR) is 61.3 cm³/mol. The van der Waals surface area contributed by atoms with Crippen LogP contribution in [0.1, 0.15) is 11.5 Å². The smallest absolute Gasteiger partial charge is 0.343 e. The van der Waals surface area contributed by atoms with E-state index in [4.69, 9.17) is 0 Å². The first-order valence-electron chi connectivity index (χ1n) is 5.07.